The number of halogens is 1. The highest BCUT2D eigenvalue weighted by molar-refractivity contribution is 6.32. The highest BCUT2D eigenvalue weighted by Gasteiger charge is 2.02. The first-order valence-electron chi connectivity index (χ1n) is 4.00. The van der Waals surface area contributed by atoms with Crippen LogP contribution in [0.1, 0.15) is 5.56 Å². The third-order valence-corrected chi connectivity index (χ3v) is 2.41. The summed E-state index contributed by atoms with van der Waals surface area (Å²) in [4.78, 5) is 26.9. The molecule has 0 atom stereocenters. The van der Waals surface area contributed by atoms with Gasteiger partial charge >= 0.3 is 11.1 Å². The molecular weight excluding hydrogens is 204 g/mol. The maximum atomic E-state index is 11.0. The molecule has 4 nitrogen and oxygen atoms in total. The topological polar surface area (TPSA) is 65.7 Å². The normalized spacial score (nSPS) is 10.7. The van der Waals surface area contributed by atoms with Crippen molar-refractivity contribution in [3.8, 4) is 0 Å². The van der Waals surface area contributed by atoms with Crippen LogP contribution in [0, 0.1) is 6.92 Å². The minimum atomic E-state index is -0.669. The lowest BCUT2D eigenvalue weighted by Crippen LogP contribution is -2.28. The van der Waals surface area contributed by atoms with E-state index in [9.17, 15) is 9.59 Å². The molecule has 5 heteroatoms. The van der Waals surface area contributed by atoms with Crippen LogP contribution in [0.5, 0.6) is 0 Å². The quantitative estimate of drug-likeness (QED) is 0.642. The smallest absolute Gasteiger partial charge is 0.314 e. The summed E-state index contributed by atoms with van der Waals surface area (Å²) in [5.41, 5.74) is 0.639. The van der Waals surface area contributed by atoms with Gasteiger partial charge in [0.2, 0.25) is 0 Å². The van der Waals surface area contributed by atoms with E-state index in [4.69, 9.17) is 11.6 Å². The zero-order valence-corrected chi connectivity index (χ0v) is 8.11. The molecule has 1 heterocycles. The van der Waals surface area contributed by atoms with Gasteiger partial charge in [-0.05, 0) is 24.6 Å². The van der Waals surface area contributed by atoms with Gasteiger partial charge in [-0.1, -0.05) is 11.6 Å². The molecule has 0 saturated heterocycles. The van der Waals surface area contributed by atoms with Crippen LogP contribution in [0.3, 0.4) is 0 Å². The molecule has 0 saturated carbocycles. The fraction of sp³-hybridized carbons (Fsp3) is 0.111. The summed E-state index contributed by atoms with van der Waals surface area (Å²) in [7, 11) is 0. The van der Waals surface area contributed by atoms with Crippen LogP contribution in [0.15, 0.2) is 21.7 Å². The van der Waals surface area contributed by atoms with Gasteiger partial charge in [-0.25, -0.2) is 0 Å². The second kappa shape index (κ2) is 2.99. The lowest BCUT2D eigenvalue weighted by Gasteiger charge is -2.00. The van der Waals surface area contributed by atoms with Crippen molar-refractivity contribution in [2.75, 3.05) is 0 Å². The second-order valence-corrected chi connectivity index (χ2v) is 3.46. The Kier molecular flexibility index (Phi) is 1.93. The summed E-state index contributed by atoms with van der Waals surface area (Å²) >= 11 is 5.87. The maximum absolute atomic E-state index is 11.0. The number of benzene rings is 1. The Labute approximate surface area is 83.5 Å². The zero-order valence-electron chi connectivity index (χ0n) is 7.35. The average Bonchev–Trinajstić information content (AvgIpc) is 2.11. The minimum Gasteiger partial charge on any atom is -0.316 e. The van der Waals surface area contributed by atoms with Gasteiger partial charge in [0, 0.05) is 5.02 Å². The molecule has 0 aliphatic rings. The summed E-state index contributed by atoms with van der Waals surface area (Å²) in [5.74, 6) is 0. The first kappa shape index (κ1) is 9.02. The number of H-pyrrole nitrogens is 2. The number of nitrogens with one attached hydrogen (secondary N) is 2. The van der Waals surface area contributed by atoms with Crippen molar-refractivity contribution in [2.45, 2.75) is 6.92 Å². The third-order valence-electron chi connectivity index (χ3n) is 2.00. The summed E-state index contributed by atoms with van der Waals surface area (Å²) in [5, 5.41) is 0.556. The highest BCUT2D eigenvalue weighted by Crippen LogP contribution is 2.18. The molecule has 2 rings (SSSR count). The molecule has 1 aromatic carbocycles. The van der Waals surface area contributed by atoms with Crippen LogP contribution in [-0.2, 0) is 0 Å². The molecular formula is C9H7ClN2O2. The second-order valence-electron chi connectivity index (χ2n) is 3.06. The van der Waals surface area contributed by atoms with E-state index in [0.29, 0.717) is 16.1 Å². The molecule has 0 aliphatic carbocycles. The molecule has 2 aromatic rings. The molecule has 2 N–H and O–H groups in total. The molecule has 0 amide bonds. The van der Waals surface area contributed by atoms with E-state index >= 15 is 0 Å². The molecule has 1 aromatic heterocycles. The summed E-state index contributed by atoms with van der Waals surface area (Å²) < 4.78 is 0. The van der Waals surface area contributed by atoms with Gasteiger partial charge < -0.3 is 9.97 Å². The molecule has 0 spiro atoms. The third kappa shape index (κ3) is 1.33. The summed E-state index contributed by atoms with van der Waals surface area (Å²) in [6.07, 6.45) is 0. The van der Waals surface area contributed by atoms with Crippen LogP contribution in [0.2, 0.25) is 5.02 Å². The van der Waals surface area contributed by atoms with Crippen molar-refractivity contribution in [1.29, 1.82) is 0 Å². The van der Waals surface area contributed by atoms with Crippen molar-refractivity contribution in [3.05, 3.63) is 43.4 Å². The van der Waals surface area contributed by atoms with E-state index in [1.807, 2.05) is 6.92 Å². The molecule has 0 aliphatic heterocycles. The molecule has 0 unspecified atom stereocenters. The number of rotatable bonds is 0. The van der Waals surface area contributed by atoms with Crippen LogP contribution in [-0.4, -0.2) is 9.97 Å². The van der Waals surface area contributed by atoms with Gasteiger partial charge in [0.1, 0.15) is 0 Å². The number of hydrogen-bond donors (Lipinski definition) is 2. The van der Waals surface area contributed by atoms with Crippen molar-refractivity contribution >= 4 is 22.6 Å². The largest absolute Gasteiger partial charge is 0.316 e. The Morgan fingerprint density at radius 3 is 2.14 bits per heavy atom. The van der Waals surface area contributed by atoms with E-state index in [0.717, 1.165) is 5.56 Å². The van der Waals surface area contributed by atoms with Crippen LogP contribution in [0.25, 0.3) is 11.0 Å². The van der Waals surface area contributed by atoms with Gasteiger partial charge in [0.15, 0.2) is 0 Å². The van der Waals surface area contributed by atoms with Crippen molar-refractivity contribution in [2.24, 2.45) is 0 Å². The van der Waals surface area contributed by atoms with Crippen molar-refractivity contribution in [3.63, 3.8) is 0 Å². The molecule has 0 radical (unpaired) electrons. The fourth-order valence-electron chi connectivity index (χ4n) is 1.25. The Bertz CT molecular complexity index is 558. The van der Waals surface area contributed by atoms with Crippen LogP contribution in [0.4, 0.5) is 0 Å². The molecule has 0 bridgehead atoms. The zero-order chi connectivity index (χ0) is 10.3. The van der Waals surface area contributed by atoms with E-state index < -0.39 is 11.1 Å². The predicted molar refractivity (Wildman–Crippen MR) is 54.9 cm³/mol. The van der Waals surface area contributed by atoms with E-state index in [1.165, 1.54) is 0 Å². The molecule has 0 fully saturated rings. The van der Waals surface area contributed by atoms with Gasteiger partial charge in [0.05, 0.1) is 11.0 Å². The summed E-state index contributed by atoms with van der Waals surface area (Å²) in [6.45, 7) is 1.82. The lowest BCUT2D eigenvalue weighted by atomic mass is 10.2. The Hall–Kier alpha value is -1.55. The molecule has 72 valence electrons. The van der Waals surface area contributed by atoms with E-state index in [-0.39, 0.29) is 0 Å². The Balaban J connectivity index is 2.97. The first-order valence-corrected chi connectivity index (χ1v) is 4.38. The number of hydrogen-bond acceptors (Lipinski definition) is 2. The van der Waals surface area contributed by atoms with Crippen LogP contribution < -0.4 is 11.1 Å². The summed E-state index contributed by atoms with van der Waals surface area (Å²) in [6, 6.07) is 3.33. The van der Waals surface area contributed by atoms with E-state index in [2.05, 4.69) is 9.97 Å². The number of aromatic nitrogens is 2. The van der Waals surface area contributed by atoms with E-state index in [1.54, 1.807) is 12.1 Å². The van der Waals surface area contributed by atoms with Gasteiger partial charge in [-0.15, -0.1) is 0 Å². The monoisotopic (exact) mass is 210 g/mol. The standard InChI is InChI=1S/C9H7ClN2O2/c1-4-2-6-7(3-5(4)10)12-9(14)8(13)11-6/h2-3H,1H3,(H,11,13)(H,12,14). The van der Waals surface area contributed by atoms with Gasteiger partial charge in [-0.2, -0.15) is 0 Å². The van der Waals surface area contributed by atoms with Crippen molar-refractivity contribution in [1.82, 2.24) is 9.97 Å². The van der Waals surface area contributed by atoms with Crippen LogP contribution >= 0.6 is 11.6 Å². The predicted octanol–water partition coefficient (Wildman–Crippen LogP) is 1.18. The SMILES string of the molecule is Cc1cc2[nH]c(=O)c(=O)[nH]c2cc1Cl. The fourth-order valence-corrected chi connectivity index (χ4v) is 1.41. The minimum absolute atomic E-state index is 0.533. The lowest BCUT2D eigenvalue weighted by molar-refractivity contribution is 1.14. The van der Waals surface area contributed by atoms with Gasteiger partial charge in [0.25, 0.3) is 0 Å². The Morgan fingerprint density at radius 1 is 1.07 bits per heavy atom. The average molecular weight is 211 g/mol. The van der Waals surface area contributed by atoms with Gasteiger partial charge in [-0.3, -0.25) is 9.59 Å². The highest BCUT2D eigenvalue weighted by atomic mass is 35.5. The van der Waals surface area contributed by atoms with Crippen molar-refractivity contribution < 1.29 is 0 Å². The number of fused-ring (bicyclic) bond motifs is 1. The number of aryl methyl sites for hydroxylation is 1. The molecule has 14 heavy (non-hydrogen) atoms. The number of aromatic amines is 2. The first-order chi connectivity index (χ1) is 6.58. The maximum Gasteiger partial charge on any atom is 0.314 e. The Morgan fingerprint density at radius 2 is 1.57 bits per heavy atom.